The number of rotatable bonds is 7. The molecule has 0 aliphatic heterocycles. The third-order valence-corrected chi connectivity index (χ3v) is 5.71. The standard InChI is InChI=1S/C17H34/c1-7-13(5)17-11-15(16(17)8-2)10-9-14(6)12(3)4/h12-17H,7-11H2,1-6H3. The van der Waals surface area contributed by atoms with E-state index in [4.69, 9.17) is 0 Å². The molecule has 0 heterocycles. The van der Waals surface area contributed by atoms with Crippen molar-refractivity contribution in [2.24, 2.45) is 35.5 Å². The highest BCUT2D eigenvalue weighted by Crippen LogP contribution is 2.49. The molecular weight excluding hydrogens is 204 g/mol. The Morgan fingerprint density at radius 2 is 1.71 bits per heavy atom. The van der Waals surface area contributed by atoms with Crippen molar-refractivity contribution in [2.45, 2.75) is 73.6 Å². The summed E-state index contributed by atoms with van der Waals surface area (Å²) in [5.41, 5.74) is 0. The van der Waals surface area contributed by atoms with Gasteiger partial charge in [0, 0.05) is 0 Å². The zero-order chi connectivity index (χ0) is 13.0. The molecule has 5 atom stereocenters. The predicted molar refractivity (Wildman–Crippen MR) is 78.1 cm³/mol. The third kappa shape index (κ3) is 3.73. The van der Waals surface area contributed by atoms with Gasteiger partial charge in [0.05, 0.1) is 0 Å². The van der Waals surface area contributed by atoms with Gasteiger partial charge in [0.15, 0.2) is 0 Å². The van der Waals surface area contributed by atoms with Gasteiger partial charge in [-0.15, -0.1) is 0 Å². The van der Waals surface area contributed by atoms with Gasteiger partial charge in [-0.25, -0.2) is 0 Å². The third-order valence-electron chi connectivity index (χ3n) is 5.71. The summed E-state index contributed by atoms with van der Waals surface area (Å²) in [5, 5.41) is 0. The first-order valence-corrected chi connectivity index (χ1v) is 8.01. The highest BCUT2D eigenvalue weighted by molar-refractivity contribution is 4.90. The molecule has 17 heavy (non-hydrogen) atoms. The molecule has 0 spiro atoms. The van der Waals surface area contributed by atoms with E-state index < -0.39 is 0 Å². The van der Waals surface area contributed by atoms with Crippen LogP contribution in [0.25, 0.3) is 0 Å². The van der Waals surface area contributed by atoms with E-state index in [2.05, 4.69) is 41.5 Å². The van der Waals surface area contributed by atoms with E-state index in [1.165, 1.54) is 32.1 Å². The monoisotopic (exact) mass is 238 g/mol. The minimum Gasteiger partial charge on any atom is -0.0651 e. The summed E-state index contributed by atoms with van der Waals surface area (Å²) in [6.45, 7) is 14.4. The summed E-state index contributed by atoms with van der Waals surface area (Å²) in [6.07, 6.45) is 7.25. The summed E-state index contributed by atoms with van der Waals surface area (Å²) in [5.74, 6) is 5.88. The molecule has 0 aromatic rings. The predicted octanol–water partition coefficient (Wildman–Crippen LogP) is 5.77. The van der Waals surface area contributed by atoms with Crippen molar-refractivity contribution in [1.82, 2.24) is 0 Å². The SMILES string of the molecule is CCC(C)C1CC(CCC(C)C(C)C)C1CC. The molecule has 0 heteroatoms. The Bertz CT molecular complexity index is 206. The molecule has 0 radical (unpaired) electrons. The molecule has 1 fully saturated rings. The van der Waals surface area contributed by atoms with Gasteiger partial charge in [0.25, 0.3) is 0 Å². The summed E-state index contributed by atoms with van der Waals surface area (Å²) in [4.78, 5) is 0. The first kappa shape index (κ1) is 15.1. The Morgan fingerprint density at radius 3 is 2.18 bits per heavy atom. The van der Waals surface area contributed by atoms with Crippen molar-refractivity contribution in [3.8, 4) is 0 Å². The lowest BCUT2D eigenvalue weighted by atomic mass is 9.57. The van der Waals surface area contributed by atoms with Crippen molar-refractivity contribution in [1.29, 1.82) is 0 Å². The average molecular weight is 238 g/mol. The van der Waals surface area contributed by atoms with Crippen LogP contribution in [0.3, 0.4) is 0 Å². The van der Waals surface area contributed by atoms with Crippen LogP contribution < -0.4 is 0 Å². The first-order valence-electron chi connectivity index (χ1n) is 8.01. The molecule has 0 nitrogen and oxygen atoms in total. The van der Waals surface area contributed by atoms with Gasteiger partial charge >= 0.3 is 0 Å². The van der Waals surface area contributed by atoms with E-state index in [0.29, 0.717) is 0 Å². The second kappa shape index (κ2) is 6.81. The smallest absolute Gasteiger partial charge is 0.0355 e. The number of hydrogen-bond donors (Lipinski definition) is 0. The minimum atomic E-state index is 0.862. The van der Waals surface area contributed by atoms with Crippen molar-refractivity contribution < 1.29 is 0 Å². The largest absolute Gasteiger partial charge is 0.0651 e. The summed E-state index contributed by atoms with van der Waals surface area (Å²) < 4.78 is 0. The van der Waals surface area contributed by atoms with Crippen molar-refractivity contribution in [2.75, 3.05) is 0 Å². The topological polar surface area (TPSA) is 0 Å². The average Bonchev–Trinajstić information content (AvgIpc) is 2.27. The van der Waals surface area contributed by atoms with Crippen molar-refractivity contribution in [3.63, 3.8) is 0 Å². The highest BCUT2D eigenvalue weighted by atomic mass is 14.5. The first-order chi connectivity index (χ1) is 8.01. The molecule has 0 saturated heterocycles. The Balaban J connectivity index is 2.33. The van der Waals surface area contributed by atoms with Gasteiger partial charge in [0.2, 0.25) is 0 Å². The molecule has 0 N–H and O–H groups in total. The second-order valence-corrected chi connectivity index (χ2v) is 6.92. The molecule has 1 aliphatic carbocycles. The van der Waals surface area contributed by atoms with Crippen LogP contribution in [-0.4, -0.2) is 0 Å². The Hall–Kier alpha value is 0. The fraction of sp³-hybridized carbons (Fsp3) is 1.00. The second-order valence-electron chi connectivity index (χ2n) is 6.92. The van der Waals surface area contributed by atoms with Crippen molar-refractivity contribution in [3.05, 3.63) is 0 Å². The van der Waals surface area contributed by atoms with E-state index >= 15 is 0 Å². The lowest BCUT2D eigenvalue weighted by Gasteiger charge is -2.48. The normalized spacial score (nSPS) is 32.3. The van der Waals surface area contributed by atoms with Gasteiger partial charge < -0.3 is 0 Å². The van der Waals surface area contributed by atoms with Crippen LogP contribution in [0.4, 0.5) is 0 Å². The molecule has 5 unspecified atom stereocenters. The minimum absolute atomic E-state index is 0.862. The molecule has 1 saturated carbocycles. The van der Waals surface area contributed by atoms with Crippen LogP contribution in [0.2, 0.25) is 0 Å². The molecular formula is C17H34. The maximum Gasteiger partial charge on any atom is -0.0355 e. The van der Waals surface area contributed by atoms with Gasteiger partial charge in [-0.2, -0.15) is 0 Å². The van der Waals surface area contributed by atoms with Gasteiger partial charge in [-0.1, -0.05) is 60.8 Å². The maximum atomic E-state index is 2.46. The summed E-state index contributed by atoms with van der Waals surface area (Å²) in [6, 6.07) is 0. The van der Waals surface area contributed by atoms with E-state index in [1.54, 1.807) is 0 Å². The van der Waals surface area contributed by atoms with Crippen LogP contribution in [0.1, 0.15) is 73.6 Å². The van der Waals surface area contributed by atoms with E-state index in [0.717, 1.165) is 35.5 Å². The van der Waals surface area contributed by atoms with Crippen molar-refractivity contribution >= 4 is 0 Å². The maximum absolute atomic E-state index is 2.46. The van der Waals surface area contributed by atoms with Crippen LogP contribution in [-0.2, 0) is 0 Å². The fourth-order valence-electron chi connectivity index (χ4n) is 3.59. The summed E-state index contributed by atoms with van der Waals surface area (Å²) >= 11 is 0. The Labute approximate surface area is 110 Å². The number of hydrogen-bond acceptors (Lipinski definition) is 0. The van der Waals surface area contributed by atoms with Gasteiger partial charge in [-0.05, 0) is 48.3 Å². The molecule has 0 bridgehead atoms. The lowest BCUT2D eigenvalue weighted by Crippen LogP contribution is -2.40. The Morgan fingerprint density at radius 1 is 1.06 bits per heavy atom. The lowest BCUT2D eigenvalue weighted by molar-refractivity contribution is 0.0144. The van der Waals surface area contributed by atoms with Crippen LogP contribution >= 0.6 is 0 Å². The fourth-order valence-corrected chi connectivity index (χ4v) is 3.59. The zero-order valence-corrected chi connectivity index (χ0v) is 13.0. The van der Waals surface area contributed by atoms with Crippen LogP contribution in [0.5, 0.6) is 0 Å². The van der Waals surface area contributed by atoms with Gasteiger partial charge in [0.1, 0.15) is 0 Å². The highest BCUT2D eigenvalue weighted by Gasteiger charge is 2.41. The quantitative estimate of drug-likeness (QED) is 0.528. The van der Waals surface area contributed by atoms with E-state index in [9.17, 15) is 0 Å². The molecule has 0 aromatic carbocycles. The van der Waals surface area contributed by atoms with Crippen LogP contribution in [0.15, 0.2) is 0 Å². The van der Waals surface area contributed by atoms with Crippen LogP contribution in [0, 0.1) is 35.5 Å². The zero-order valence-electron chi connectivity index (χ0n) is 13.0. The van der Waals surface area contributed by atoms with E-state index in [-0.39, 0.29) is 0 Å². The Kier molecular flexibility index (Phi) is 6.03. The van der Waals surface area contributed by atoms with E-state index in [1.807, 2.05) is 0 Å². The molecule has 1 aliphatic rings. The van der Waals surface area contributed by atoms with Gasteiger partial charge in [-0.3, -0.25) is 0 Å². The molecule has 0 aromatic heterocycles. The molecule has 0 amide bonds. The molecule has 102 valence electrons. The molecule has 1 rings (SSSR count). The summed E-state index contributed by atoms with van der Waals surface area (Å²) in [7, 11) is 0.